The predicted octanol–water partition coefficient (Wildman–Crippen LogP) is 0.361. The molecule has 1 saturated heterocycles. The molecule has 0 aromatic carbocycles. The molecule has 2 atom stereocenters. The zero-order chi connectivity index (χ0) is 9.97. The lowest BCUT2D eigenvalue weighted by Crippen LogP contribution is -2.45. The van der Waals surface area contributed by atoms with Gasteiger partial charge in [-0.3, -0.25) is 0 Å². The van der Waals surface area contributed by atoms with Gasteiger partial charge >= 0.3 is 0 Å². The van der Waals surface area contributed by atoms with Gasteiger partial charge in [0.15, 0.2) is 0 Å². The van der Waals surface area contributed by atoms with Crippen molar-refractivity contribution < 1.29 is 0 Å². The second-order valence-corrected chi connectivity index (χ2v) is 5.04. The van der Waals surface area contributed by atoms with Crippen LogP contribution in [0.2, 0.25) is 0 Å². The molecule has 3 nitrogen and oxygen atoms in total. The molecule has 3 heteroatoms. The van der Waals surface area contributed by atoms with Gasteiger partial charge in [0.05, 0.1) is 0 Å². The third kappa shape index (κ3) is 2.69. The van der Waals surface area contributed by atoms with E-state index in [0.717, 1.165) is 5.92 Å². The van der Waals surface area contributed by atoms with Gasteiger partial charge in [0.2, 0.25) is 0 Å². The molecule has 0 radical (unpaired) electrons. The van der Waals surface area contributed by atoms with Gasteiger partial charge in [0, 0.05) is 38.8 Å². The van der Waals surface area contributed by atoms with E-state index in [0.29, 0.717) is 6.04 Å². The molecule has 14 heavy (non-hydrogen) atoms. The fourth-order valence-electron chi connectivity index (χ4n) is 2.68. The number of likely N-dealkylation sites (N-methyl/N-ethyl adjacent to an activating group) is 1. The highest BCUT2D eigenvalue weighted by molar-refractivity contribution is 4.81. The quantitative estimate of drug-likeness (QED) is 0.694. The van der Waals surface area contributed by atoms with Crippen molar-refractivity contribution in [2.45, 2.75) is 25.3 Å². The monoisotopic (exact) mass is 197 g/mol. The minimum Gasteiger partial charge on any atom is -0.328 e. The van der Waals surface area contributed by atoms with Crippen molar-refractivity contribution in [3.63, 3.8) is 0 Å². The van der Waals surface area contributed by atoms with Gasteiger partial charge in [0.1, 0.15) is 0 Å². The van der Waals surface area contributed by atoms with Crippen LogP contribution in [0.1, 0.15) is 19.3 Å². The highest BCUT2D eigenvalue weighted by Crippen LogP contribution is 2.25. The first-order chi connectivity index (χ1) is 6.74. The largest absolute Gasteiger partial charge is 0.328 e. The van der Waals surface area contributed by atoms with Crippen LogP contribution < -0.4 is 5.73 Å². The molecule has 2 fully saturated rings. The zero-order valence-corrected chi connectivity index (χ0v) is 9.28. The highest BCUT2D eigenvalue weighted by atomic mass is 15.2. The van der Waals surface area contributed by atoms with Gasteiger partial charge in [-0.1, -0.05) is 0 Å². The van der Waals surface area contributed by atoms with Crippen molar-refractivity contribution in [1.29, 1.82) is 0 Å². The predicted molar refractivity (Wildman–Crippen MR) is 59.3 cm³/mol. The molecular weight excluding hydrogens is 174 g/mol. The van der Waals surface area contributed by atoms with E-state index in [1.165, 1.54) is 52.0 Å². The summed E-state index contributed by atoms with van der Waals surface area (Å²) in [5.41, 5.74) is 5.93. The average molecular weight is 197 g/mol. The molecule has 2 rings (SSSR count). The number of piperazine rings is 1. The van der Waals surface area contributed by atoms with E-state index in [9.17, 15) is 0 Å². The Bertz CT molecular complexity index is 175. The van der Waals surface area contributed by atoms with Crippen molar-refractivity contribution in [3.8, 4) is 0 Å². The Labute approximate surface area is 87.2 Å². The lowest BCUT2D eigenvalue weighted by molar-refractivity contribution is 0.136. The minimum absolute atomic E-state index is 0.493. The third-order valence-electron chi connectivity index (χ3n) is 3.69. The summed E-state index contributed by atoms with van der Waals surface area (Å²) < 4.78 is 0. The first-order valence-electron chi connectivity index (χ1n) is 5.90. The van der Waals surface area contributed by atoms with E-state index in [1.807, 2.05) is 0 Å². The lowest BCUT2D eigenvalue weighted by Gasteiger charge is -2.33. The molecule has 0 aromatic rings. The van der Waals surface area contributed by atoms with Gasteiger partial charge in [0.25, 0.3) is 0 Å². The van der Waals surface area contributed by atoms with Gasteiger partial charge in [-0.25, -0.2) is 0 Å². The molecule has 1 heterocycles. The lowest BCUT2D eigenvalue weighted by atomic mass is 10.1. The summed E-state index contributed by atoms with van der Waals surface area (Å²) in [6.45, 7) is 6.27. The maximum absolute atomic E-state index is 5.93. The Morgan fingerprint density at radius 3 is 2.43 bits per heavy atom. The van der Waals surface area contributed by atoms with E-state index >= 15 is 0 Å². The van der Waals surface area contributed by atoms with Crippen LogP contribution in [-0.4, -0.2) is 55.6 Å². The Morgan fingerprint density at radius 2 is 1.86 bits per heavy atom. The fourth-order valence-corrected chi connectivity index (χ4v) is 2.68. The van der Waals surface area contributed by atoms with Crippen LogP contribution >= 0.6 is 0 Å². The van der Waals surface area contributed by atoms with Crippen LogP contribution in [0, 0.1) is 5.92 Å². The van der Waals surface area contributed by atoms with Crippen molar-refractivity contribution in [3.05, 3.63) is 0 Å². The van der Waals surface area contributed by atoms with E-state index < -0.39 is 0 Å². The van der Waals surface area contributed by atoms with E-state index in [1.54, 1.807) is 0 Å². The summed E-state index contributed by atoms with van der Waals surface area (Å²) in [6.07, 6.45) is 3.86. The molecule has 1 aliphatic carbocycles. The van der Waals surface area contributed by atoms with Crippen molar-refractivity contribution >= 4 is 0 Å². The van der Waals surface area contributed by atoms with E-state index in [4.69, 9.17) is 5.73 Å². The Morgan fingerprint density at radius 1 is 1.14 bits per heavy atom. The molecule has 0 aromatic heterocycles. The number of nitrogens with zero attached hydrogens (tertiary/aromatic N) is 2. The molecule has 0 spiro atoms. The fraction of sp³-hybridized carbons (Fsp3) is 1.00. The number of nitrogens with two attached hydrogens (primary N) is 1. The van der Waals surface area contributed by atoms with Gasteiger partial charge in [-0.05, 0) is 32.2 Å². The maximum atomic E-state index is 5.93. The van der Waals surface area contributed by atoms with Crippen molar-refractivity contribution in [1.82, 2.24) is 9.80 Å². The van der Waals surface area contributed by atoms with Gasteiger partial charge in [-0.15, -0.1) is 0 Å². The van der Waals surface area contributed by atoms with E-state index in [-0.39, 0.29) is 0 Å². The number of hydrogen-bond acceptors (Lipinski definition) is 3. The average Bonchev–Trinajstić information content (AvgIpc) is 2.56. The first kappa shape index (κ1) is 10.4. The second-order valence-electron chi connectivity index (χ2n) is 5.04. The normalized spacial score (nSPS) is 36.4. The van der Waals surface area contributed by atoms with Crippen LogP contribution in [0.15, 0.2) is 0 Å². The van der Waals surface area contributed by atoms with Crippen LogP contribution in [-0.2, 0) is 0 Å². The molecular formula is C11H23N3. The minimum atomic E-state index is 0.493. The summed E-state index contributed by atoms with van der Waals surface area (Å²) in [5.74, 6) is 0.883. The molecule has 1 aliphatic heterocycles. The van der Waals surface area contributed by atoms with Gasteiger partial charge in [-0.2, -0.15) is 0 Å². The standard InChI is InChI=1S/C11H23N3/c1-13-4-6-14(7-5-13)9-10-2-3-11(12)8-10/h10-11H,2-9,12H2,1H3. The molecule has 0 bridgehead atoms. The summed E-state index contributed by atoms with van der Waals surface area (Å²) in [6, 6.07) is 0.493. The topological polar surface area (TPSA) is 32.5 Å². The summed E-state index contributed by atoms with van der Waals surface area (Å²) in [4.78, 5) is 5.03. The second kappa shape index (κ2) is 4.60. The molecule has 82 valence electrons. The molecule has 2 unspecified atom stereocenters. The smallest absolute Gasteiger partial charge is 0.0110 e. The molecule has 2 N–H and O–H groups in total. The molecule has 1 saturated carbocycles. The Balaban J connectivity index is 1.70. The zero-order valence-electron chi connectivity index (χ0n) is 9.28. The highest BCUT2D eigenvalue weighted by Gasteiger charge is 2.24. The third-order valence-corrected chi connectivity index (χ3v) is 3.69. The summed E-state index contributed by atoms with van der Waals surface area (Å²) in [5, 5.41) is 0. The van der Waals surface area contributed by atoms with Crippen molar-refractivity contribution in [2.24, 2.45) is 11.7 Å². The van der Waals surface area contributed by atoms with Crippen LogP contribution in [0.3, 0.4) is 0 Å². The SMILES string of the molecule is CN1CCN(CC2CCC(N)C2)CC1. The molecule has 2 aliphatic rings. The van der Waals surface area contributed by atoms with E-state index in [2.05, 4.69) is 16.8 Å². The summed E-state index contributed by atoms with van der Waals surface area (Å²) in [7, 11) is 2.21. The Kier molecular flexibility index (Phi) is 3.42. The number of rotatable bonds is 2. The van der Waals surface area contributed by atoms with Crippen LogP contribution in [0.5, 0.6) is 0 Å². The van der Waals surface area contributed by atoms with Gasteiger partial charge < -0.3 is 15.5 Å². The van der Waals surface area contributed by atoms with Crippen molar-refractivity contribution in [2.75, 3.05) is 39.8 Å². The van der Waals surface area contributed by atoms with Crippen LogP contribution in [0.25, 0.3) is 0 Å². The maximum Gasteiger partial charge on any atom is 0.0110 e. The summed E-state index contributed by atoms with van der Waals surface area (Å²) >= 11 is 0. The first-order valence-corrected chi connectivity index (χ1v) is 5.90. The van der Waals surface area contributed by atoms with Crippen LogP contribution in [0.4, 0.5) is 0 Å². The molecule has 0 amide bonds. The Hall–Kier alpha value is -0.120. The number of hydrogen-bond donors (Lipinski definition) is 1.